The van der Waals surface area contributed by atoms with Crippen LogP contribution < -0.4 is 5.32 Å². The van der Waals surface area contributed by atoms with Crippen LogP contribution in [0.4, 0.5) is 11.4 Å². The van der Waals surface area contributed by atoms with Crippen molar-refractivity contribution in [3.63, 3.8) is 0 Å². The van der Waals surface area contributed by atoms with E-state index in [1.54, 1.807) is 0 Å². The summed E-state index contributed by atoms with van der Waals surface area (Å²) in [5.41, 5.74) is 0.799. The zero-order valence-corrected chi connectivity index (χ0v) is 13.2. The molecule has 0 aliphatic rings. The summed E-state index contributed by atoms with van der Waals surface area (Å²) in [5, 5.41) is 15.6. The Bertz CT molecular complexity index is 690. The van der Waals surface area contributed by atoms with Crippen LogP contribution in [0.1, 0.15) is 5.69 Å². The number of benzene rings is 1. The molecule has 1 amide bonds. The molecule has 9 heteroatoms. The second-order valence-electron chi connectivity index (χ2n) is 4.01. The lowest BCUT2D eigenvalue weighted by molar-refractivity contribution is -0.383. The van der Waals surface area contributed by atoms with Crippen LogP contribution in [-0.4, -0.2) is 21.6 Å². The minimum atomic E-state index is -0.585. The van der Waals surface area contributed by atoms with E-state index in [4.69, 9.17) is 11.6 Å². The van der Waals surface area contributed by atoms with Crippen LogP contribution in [0.15, 0.2) is 27.9 Å². The van der Waals surface area contributed by atoms with E-state index >= 15 is 0 Å². The second kappa shape index (κ2) is 6.88. The van der Waals surface area contributed by atoms with Crippen molar-refractivity contribution in [2.24, 2.45) is 0 Å². The number of carbonyl (C=O) groups is 1. The first-order valence-electron chi connectivity index (χ1n) is 5.74. The summed E-state index contributed by atoms with van der Waals surface area (Å²) in [6.45, 7) is 1.87. The molecule has 1 heterocycles. The molecule has 110 valence electrons. The third-order valence-corrected chi connectivity index (χ3v) is 4.73. The van der Waals surface area contributed by atoms with Crippen LogP contribution in [0.5, 0.6) is 0 Å². The van der Waals surface area contributed by atoms with Crippen molar-refractivity contribution in [2.45, 2.75) is 11.3 Å². The molecule has 21 heavy (non-hydrogen) atoms. The fraction of sp³-hybridized carbons (Fsp3) is 0.167. The molecule has 6 nitrogen and oxygen atoms in total. The molecule has 0 radical (unpaired) electrons. The Morgan fingerprint density at radius 2 is 2.33 bits per heavy atom. The van der Waals surface area contributed by atoms with E-state index in [1.165, 1.54) is 41.3 Å². The van der Waals surface area contributed by atoms with E-state index in [1.807, 2.05) is 12.3 Å². The number of carbonyl (C=O) groups excluding carboxylic acids is 1. The number of halogens is 1. The average molecular weight is 344 g/mol. The number of amides is 1. The number of anilines is 1. The second-order valence-corrected chi connectivity index (χ2v) is 6.53. The van der Waals surface area contributed by atoms with Gasteiger partial charge in [0.15, 0.2) is 4.34 Å². The fourth-order valence-electron chi connectivity index (χ4n) is 1.47. The van der Waals surface area contributed by atoms with Gasteiger partial charge in [-0.25, -0.2) is 4.98 Å². The van der Waals surface area contributed by atoms with Crippen LogP contribution in [0.25, 0.3) is 0 Å². The number of nitro benzene ring substituents is 1. The van der Waals surface area contributed by atoms with Gasteiger partial charge in [0.1, 0.15) is 5.69 Å². The van der Waals surface area contributed by atoms with Crippen LogP contribution >= 0.6 is 34.7 Å². The molecular weight excluding hydrogens is 334 g/mol. The van der Waals surface area contributed by atoms with Crippen molar-refractivity contribution in [1.29, 1.82) is 0 Å². The maximum Gasteiger partial charge on any atom is 0.294 e. The Balaban J connectivity index is 2.01. The number of nitro groups is 1. The van der Waals surface area contributed by atoms with Crippen molar-refractivity contribution < 1.29 is 9.72 Å². The molecule has 1 aromatic heterocycles. The highest BCUT2D eigenvalue weighted by molar-refractivity contribution is 8.01. The number of nitrogens with one attached hydrogen (secondary N) is 1. The summed E-state index contributed by atoms with van der Waals surface area (Å²) in [5.74, 6) is -0.203. The predicted octanol–water partition coefficient (Wildman–Crippen LogP) is 3.74. The highest BCUT2D eigenvalue weighted by Crippen LogP contribution is 2.28. The fourth-order valence-corrected chi connectivity index (χ4v) is 3.29. The van der Waals surface area contributed by atoms with Gasteiger partial charge < -0.3 is 5.32 Å². The number of hydrogen-bond acceptors (Lipinski definition) is 6. The van der Waals surface area contributed by atoms with Crippen molar-refractivity contribution >= 4 is 52.0 Å². The topological polar surface area (TPSA) is 85.1 Å². The molecule has 0 aliphatic heterocycles. The smallest absolute Gasteiger partial charge is 0.294 e. The molecule has 1 N–H and O–H groups in total. The van der Waals surface area contributed by atoms with Gasteiger partial charge in [-0.05, 0) is 19.1 Å². The molecule has 0 saturated heterocycles. The molecule has 0 spiro atoms. The van der Waals surface area contributed by atoms with Crippen LogP contribution in [0.3, 0.4) is 0 Å². The number of aromatic nitrogens is 1. The van der Waals surface area contributed by atoms with Crippen molar-refractivity contribution in [3.05, 3.63) is 44.4 Å². The minimum Gasteiger partial charge on any atom is -0.320 e. The highest BCUT2D eigenvalue weighted by Gasteiger charge is 2.16. The number of thiazole rings is 1. The number of thioether (sulfide) groups is 1. The van der Waals surface area contributed by atoms with Gasteiger partial charge in [0.25, 0.3) is 5.69 Å². The first kappa shape index (κ1) is 15.7. The van der Waals surface area contributed by atoms with E-state index in [0.29, 0.717) is 0 Å². The van der Waals surface area contributed by atoms with Crippen LogP contribution in [0.2, 0.25) is 5.02 Å². The molecule has 0 unspecified atom stereocenters. The number of aryl methyl sites for hydroxylation is 1. The van der Waals surface area contributed by atoms with Crippen molar-refractivity contribution in [1.82, 2.24) is 4.98 Å². The normalized spacial score (nSPS) is 10.4. The summed E-state index contributed by atoms with van der Waals surface area (Å²) in [4.78, 5) is 26.4. The Kier molecular flexibility index (Phi) is 5.16. The summed E-state index contributed by atoms with van der Waals surface area (Å²) in [7, 11) is 0. The van der Waals surface area contributed by atoms with Gasteiger partial charge in [0.2, 0.25) is 5.91 Å². The predicted molar refractivity (Wildman–Crippen MR) is 84.3 cm³/mol. The molecule has 2 rings (SSSR count). The first-order valence-corrected chi connectivity index (χ1v) is 7.99. The Labute approximate surface area is 133 Å². The van der Waals surface area contributed by atoms with E-state index in [2.05, 4.69) is 10.3 Å². The molecule has 0 bridgehead atoms. The average Bonchev–Trinajstić information content (AvgIpc) is 2.84. The third-order valence-electron chi connectivity index (χ3n) is 2.36. The molecule has 0 aliphatic carbocycles. The van der Waals surface area contributed by atoms with Gasteiger partial charge in [-0.2, -0.15) is 0 Å². The summed E-state index contributed by atoms with van der Waals surface area (Å²) >= 11 is 8.45. The van der Waals surface area contributed by atoms with Gasteiger partial charge in [0.05, 0.1) is 10.7 Å². The molecule has 0 saturated carbocycles. The minimum absolute atomic E-state index is 0.130. The third kappa shape index (κ3) is 4.42. The summed E-state index contributed by atoms with van der Waals surface area (Å²) in [6.07, 6.45) is 0. The van der Waals surface area contributed by atoms with Gasteiger partial charge in [-0.1, -0.05) is 23.4 Å². The lowest BCUT2D eigenvalue weighted by Gasteiger charge is -2.05. The molecule has 1 aromatic carbocycles. The highest BCUT2D eigenvalue weighted by atomic mass is 35.5. The van der Waals surface area contributed by atoms with Gasteiger partial charge in [-0.3, -0.25) is 14.9 Å². The Morgan fingerprint density at radius 1 is 1.57 bits per heavy atom. The number of hydrogen-bond donors (Lipinski definition) is 1. The summed E-state index contributed by atoms with van der Waals surface area (Å²) in [6, 6.07) is 4.10. The van der Waals surface area contributed by atoms with E-state index in [9.17, 15) is 14.9 Å². The van der Waals surface area contributed by atoms with E-state index in [-0.39, 0.29) is 28.1 Å². The standard InChI is InChI=1S/C12H10ClN3O3S2/c1-7-5-20-12(14-7)21-6-11(17)15-9-3-2-8(13)4-10(9)16(18)19/h2-5H,6H2,1H3,(H,15,17). The van der Waals surface area contributed by atoms with Crippen molar-refractivity contribution in [3.8, 4) is 0 Å². The van der Waals surface area contributed by atoms with E-state index < -0.39 is 4.92 Å². The largest absolute Gasteiger partial charge is 0.320 e. The van der Waals surface area contributed by atoms with Crippen LogP contribution in [-0.2, 0) is 4.79 Å². The lowest BCUT2D eigenvalue weighted by atomic mass is 10.2. The Hall–Kier alpha value is -1.64. The molecule has 0 fully saturated rings. The molecule has 0 atom stereocenters. The SMILES string of the molecule is Cc1csc(SCC(=O)Nc2ccc(Cl)cc2[N+](=O)[O-])n1. The van der Waals surface area contributed by atoms with E-state index in [0.717, 1.165) is 10.0 Å². The zero-order valence-electron chi connectivity index (χ0n) is 10.8. The maximum absolute atomic E-state index is 11.8. The van der Waals surface area contributed by atoms with Gasteiger partial charge >= 0.3 is 0 Å². The van der Waals surface area contributed by atoms with Gasteiger partial charge in [-0.15, -0.1) is 11.3 Å². The monoisotopic (exact) mass is 343 g/mol. The number of nitrogens with zero attached hydrogens (tertiary/aromatic N) is 2. The number of rotatable bonds is 5. The first-order chi connectivity index (χ1) is 9.95. The van der Waals surface area contributed by atoms with Gasteiger partial charge in [0, 0.05) is 22.2 Å². The van der Waals surface area contributed by atoms with Crippen LogP contribution in [0, 0.1) is 17.0 Å². The van der Waals surface area contributed by atoms with Crippen molar-refractivity contribution in [2.75, 3.05) is 11.1 Å². The molecule has 2 aromatic rings. The quantitative estimate of drug-likeness (QED) is 0.507. The lowest BCUT2D eigenvalue weighted by Crippen LogP contribution is -2.15. The zero-order chi connectivity index (χ0) is 15.4. The maximum atomic E-state index is 11.8. The Morgan fingerprint density at radius 3 is 2.95 bits per heavy atom. The summed E-state index contributed by atoms with van der Waals surface area (Å²) < 4.78 is 0.785. The molecular formula is C12H10ClN3O3S2.